The third-order valence-corrected chi connectivity index (χ3v) is 42.0. The Hall–Kier alpha value is -6.99. The van der Waals surface area contributed by atoms with Crippen molar-refractivity contribution < 1.29 is 69.2 Å². The summed E-state index contributed by atoms with van der Waals surface area (Å²) in [6.07, 6.45) is 13.7. The first kappa shape index (κ1) is 98.2. The highest BCUT2D eigenvalue weighted by Gasteiger charge is 2.55. The maximum absolute atomic E-state index is 15.9. The van der Waals surface area contributed by atoms with E-state index < -0.39 is 126 Å². The zero-order valence-corrected chi connectivity index (χ0v) is 85.5. The molecule has 6 aliphatic heterocycles. The fourth-order valence-corrected chi connectivity index (χ4v) is 31.1. The molecule has 6 aromatic carbocycles. The number of carbonyl (C=O) groups excluding carboxylic acids is 3. The van der Waals surface area contributed by atoms with E-state index in [0.717, 1.165) is 112 Å². The highest BCUT2D eigenvalue weighted by molar-refractivity contribution is 7.91. The van der Waals surface area contributed by atoms with Gasteiger partial charge in [-0.05, 0) is 370 Å². The molecule has 12 aliphatic rings. The SMILES string of the molecule is C[C@@H]1[C@@H](C)C[C@H](N(C)C)C[C@](C)(O)[C@@H]2CC[C@H]2CN2C[C@@]3(CCCc4cc(Cl)ccc43)COc3c(CN(C)[C@@H]4C[C@H](C)[C@@H](C)S(=O)(=O)NC(=O)c5cc(CN(C)[C@H]6C[C@H](C)[C@@H](C)S(=O)(=O)NC(=O)c7ccc8c(c7)N(C[C@@H]7CC[C@H]7[C@](C)(O)C6)C[C@@]6(CCCc7cc(Cl)ccc76)CO8)c6c(c5)N(C[C@@H]5CC[C@H]5[C@](C)(O)C4)C[C@@]4(CCCc5cc(Cl)ccc54)CO6)cc(cc32)C(=O)NS1(=O)=O. The zero-order chi connectivity index (χ0) is 96.1. The summed E-state index contributed by atoms with van der Waals surface area (Å²) in [5.74, 6) is -3.25. The van der Waals surface area contributed by atoms with Crippen molar-refractivity contribution in [2.45, 2.75) is 277 Å². The Morgan fingerprint density at radius 3 is 1.09 bits per heavy atom. The van der Waals surface area contributed by atoms with Crippen LogP contribution in [0.4, 0.5) is 17.1 Å². The molecule has 6 heterocycles. The van der Waals surface area contributed by atoms with Crippen LogP contribution >= 0.6 is 34.8 Å². The summed E-state index contributed by atoms with van der Waals surface area (Å²) in [6.45, 7) is 20.2. The Kier molecular flexibility index (Phi) is 27.0. The van der Waals surface area contributed by atoms with Gasteiger partial charge in [0, 0.05) is 130 Å². The van der Waals surface area contributed by atoms with Crippen LogP contribution in [0.3, 0.4) is 0 Å². The largest absolute Gasteiger partial charge is 0.490 e. The first-order valence-corrected chi connectivity index (χ1v) is 55.4. The van der Waals surface area contributed by atoms with Gasteiger partial charge in [0.25, 0.3) is 17.7 Å². The van der Waals surface area contributed by atoms with Crippen molar-refractivity contribution in [3.8, 4) is 17.2 Å². The smallest absolute Gasteiger partial charge is 0.264 e. The van der Waals surface area contributed by atoms with Crippen molar-refractivity contribution in [3.63, 3.8) is 0 Å². The molecule has 6 bridgehead atoms. The Morgan fingerprint density at radius 2 is 0.741 bits per heavy atom. The molecular weight excluding hydrogens is 1830 g/mol. The number of ether oxygens (including phenoxy) is 3. The van der Waals surface area contributed by atoms with Crippen LogP contribution in [0.1, 0.15) is 253 Å². The number of aryl methyl sites for hydroxylation is 3. The number of halogens is 3. The van der Waals surface area contributed by atoms with Crippen LogP contribution in [0, 0.1) is 53.3 Å². The normalized spacial score (nSPS) is 35.3. The van der Waals surface area contributed by atoms with Gasteiger partial charge in [0.2, 0.25) is 30.1 Å². The minimum Gasteiger partial charge on any atom is -0.490 e. The summed E-state index contributed by atoms with van der Waals surface area (Å²) in [7, 11) is -5.45. The second kappa shape index (κ2) is 37.1. The van der Waals surface area contributed by atoms with Crippen LogP contribution in [0.5, 0.6) is 17.2 Å². The Morgan fingerprint density at radius 1 is 0.415 bits per heavy atom. The predicted molar refractivity (Wildman–Crippen MR) is 532 cm³/mol. The van der Waals surface area contributed by atoms with Crippen LogP contribution in [-0.4, -0.2) is 211 Å². The summed E-state index contributed by atoms with van der Waals surface area (Å²) in [5, 5.41) is 39.0. The highest BCUT2D eigenvalue weighted by Crippen LogP contribution is 2.56. The van der Waals surface area contributed by atoms with E-state index in [-0.39, 0.29) is 110 Å². The minimum atomic E-state index is -4.58. The average molecular weight is 1970 g/mol. The van der Waals surface area contributed by atoms with Crippen LogP contribution in [0.15, 0.2) is 97.1 Å². The van der Waals surface area contributed by atoms with Crippen molar-refractivity contribution in [1.29, 1.82) is 0 Å². The third kappa shape index (κ3) is 19.1. The quantitative estimate of drug-likeness (QED) is 0.0865. The molecule has 3 saturated carbocycles. The molecule has 18 rings (SSSR count). The summed E-state index contributed by atoms with van der Waals surface area (Å²) in [5.41, 5.74) is 4.64. The number of nitrogens with zero attached hydrogens (tertiary/aromatic N) is 6. The molecule has 135 heavy (non-hydrogen) atoms. The number of fused-ring (bicyclic) bond motifs is 12. The second-order valence-electron chi connectivity index (χ2n) is 44.9. The molecule has 3 fully saturated rings. The zero-order valence-electron chi connectivity index (χ0n) is 80.8. The Bertz CT molecular complexity index is 5940. The van der Waals surface area contributed by atoms with Gasteiger partial charge in [0.1, 0.15) is 17.2 Å². The number of anilines is 3. The standard InChI is InChI=1S/C105H140Cl3N9O15S3/c1-62-37-82(112(10)11)48-100(7,121)85-27-21-73(85)54-116-57-104(35-15-18-69-43-80(107)25-31-89(69)104)60-131-95-77(40-75(46-92(95)116)98(119)110-134(126,127)65(62)4)52-114(13)84-39-64(3)67(6)135(128,129)111-99(120)76-41-78(96-93(47-76)117(55-74-22-29-87(74)102(9,123)50-84)58-105(61-132-96)36-16-19-70-44-81(108)26-32-90(70)105)51-113(12)83-38-63(2)66(5)133(124,125)109-97(118)71-23-33-94-91(45-71)115(53-72-20-28-86(72)101(8,122)49-83)56-103(59-130-94)34-14-17-68-42-79(106)24-30-88(68)103/h23-26,30-33,40-47,62-67,72-74,82-87,121-123H,14-22,27-29,34-39,48-61H2,1-13H3,(H,109,118)(H,110,119)(H,111,120)/t62-,63-,64-,65+,66+,67+,72-,73-,74-,82-,83-,84+,85+,86+,87+,100-,101+,102+,103-,104-,105-/m0/s1. The van der Waals surface area contributed by atoms with Gasteiger partial charge < -0.3 is 49.1 Å². The molecule has 3 amide bonds. The van der Waals surface area contributed by atoms with Gasteiger partial charge in [-0.2, -0.15) is 0 Å². The summed E-state index contributed by atoms with van der Waals surface area (Å²) in [6, 6.07) is 29.2. The van der Waals surface area contributed by atoms with Crippen molar-refractivity contribution in [1.82, 2.24) is 28.9 Å². The molecule has 734 valence electrons. The molecule has 6 aromatic rings. The number of benzene rings is 6. The minimum absolute atomic E-state index is 0.0108. The predicted octanol–water partition coefficient (Wildman–Crippen LogP) is 16.0. The van der Waals surface area contributed by atoms with Crippen molar-refractivity contribution >= 4 is 99.7 Å². The fraction of sp³-hybridized carbons (Fsp3) is 0.629. The van der Waals surface area contributed by atoms with Gasteiger partial charge in [-0.3, -0.25) is 24.2 Å². The molecule has 30 heteroatoms. The fourth-order valence-electron chi connectivity index (χ4n) is 26.6. The average Bonchev–Trinajstić information content (AvgIpc) is 1.64. The molecule has 3 spiro atoms. The first-order chi connectivity index (χ1) is 63.7. The van der Waals surface area contributed by atoms with E-state index >= 15 is 18.0 Å². The number of amides is 3. The lowest BCUT2D eigenvalue weighted by molar-refractivity contribution is -0.0879. The van der Waals surface area contributed by atoms with E-state index in [2.05, 4.69) is 73.9 Å². The van der Waals surface area contributed by atoms with Gasteiger partial charge in [-0.25, -0.2) is 39.4 Å². The number of sulfonamides is 3. The van der Waals surface area contributed by atoms with Crippen molar-refractivity contribution in [2.75, 3.05) is 102 Å². The van der Waals surface area contributed by atoms with E-state index in [1.807, 2.05) is 94.0 Å². The first-order valence-electron chi connectivity index (χ1n) is 49.6. The van der Waals surface area contributed by atoms with Crippen LogP contribution in [-0.2, 0) is 78.7 Å². The number of hydrogen-bond donors (Lipinski definition) is 6. The monoisotopic (exact) mass is 1970 g/mol. The maximum Gasteiger partial charge on any atom is 0.264 e. The number of rotatable bonds is 7. The van der Waals surface area contributed by atoms with Gasteiger partial charge >= 0.3 is 0 Å². The molecule has 24 nitrogen and oxygen atoms in total. The Balaban J connectivity index is 0.696. The van der Waals surface area contributed by atoms with Gasteiger partial charge in [0.15, 0.2) is 0 Å². The summed E-state index contributed by atoms with van der Waals surface area (Å²) in [4.78, 5) is 59.2. The van der Waals surface area contributed by atoms with E-state index in [4.69, 9.17) is 49.0 Å². The van der Waals surface area contributed by atoms with Gasteiger partial charge in [-0.1, -0.05) is 73.8 Å². The van der Waals surface area contributed by atoms with Crippen LogP contribution in [0.2, 0.25) is 15.1 Å². The molecule has 0 unspecified atom stereocenters. The molecule has 21 atom stereocenters. The van der Waals surface area contributed by atoms with Gasteiger partial charge in [0.05, 0.1) is 69.4 Å². The lowest BCUT2D eigenvalue weighted by Gasteiger charge is -2.50. The molecule has 0 saturated heterocycles. The van der Waals surface area contributed by atoms with Crippen LogP contribution < -0.4 is 43.1 Å². The third-order valence-electron chi connectivity index (χ3n) is 35.5. The van der Waals surface area contributed by atoms with E-state index in [1.165, 1.54) is 11.1 Å². The lowest BCUT2D eigenvalue weighted by Crippen LogP contribution is -2.54. The van der Waals surface area contributed by atoms with Crippen molar-refractivity contribution in [2.24, 2.45) is 53.3 Å². The maximum atomic E-state index is 15.9. The lowest BCUT2D eigenvalue weighted by atomic mass is 9.63. The second-order valence-corrected chi connectivity index (χ2v) is 52.3. The highest BCUT2D eigenvalue weighted by atomic mass is 35.5. The summed E-state index contributed by atoms with van der Waals surface area (Å²) < 4.78 is 120. The van der Waals surface area contributed by atoms with Crippen LogP contribution in [0.25, 0.3) is 0 Å². The van der Waals surface area contributed by atoms with E-state index in [9.17, 15) is 36.9 Å². The summed E-state index contributed by atoms with van der Waals surface area (Å²) >= 11 is 20.4. The molecule has 6 N–H and O–H groups in total. The number of carbonyl (C=O) groups is 3. The molecule has 0 aromatic heterocycles. The topological polar surface area (TPSA) is 298 Å². The Labute approximate surface area is 814 Å². The molecule has 6 aliphatic carbocycles. The number of nitrogens with one attached hydrogen (secondary N) is 3. The number of hydrogen-bond acceptors (Lipinski definition) is 21. The van der Waals surface area contributed by atoms with Gasteiger partial charge in [-0.15, -0.1) is 0 Å². The van der Waals surface area contributed by atoms with Crippen molar-refractivity contribution in [3.05, 3.63) is 173 Å². The number of aliphatic hydroxyl groups is 3. The molecular formula is C105H140Cl3N9O15S3. The van der Waals surface area contributed by atoms with E-state index in [0.29, 0.717) is 126 Å². The molecule has 0 radical (unpaired) electrons. The van der Waals surface area contributed by atoms with E-state index in [1.54, 1.807) is 63.2 Å².